The van der Waals surface area contributed by atoms with Gasteiger partial charge in [0.15, 0.2) is 11.5 Å². The van der Waals surface area contributed by atoms with Gasteiger partial charge in [-0.15, -0.1) is 0 Å². The molecule has 220 valence electrons. The first-order valence-electron chi connectivity index (χ1n) is 16.1. The predicted molar refractivity (Wildman–Crippen MR) is 162 cm³/mol. The van der Waals surface area contributed by atoms with E-state index in [1.807, 2.05) is 7.11 Å². The normalized spacial score (nSPS) is 36.3. The largest absolute Gasteiger partial charge is 0.493 e. The van der Waals surface area contributed by atoms with Crippen molar-refractivity contribution < 1.29 is 14.2 Å². The Bertz CT molecular complexity index is 1320. The fourth-order valence-electron chi connectivity index (χ4n) is 10.4. The Hall–Kier alpha value is -2.28. The SMILES string of the molecule is COc1ccc2c3c1O[C@H]1[C@@]4(OC)CC[C@@]5(C[C@@H]4c4ccc(NCCCN(C)C)cc4)[C@@H](C2)N(CC2CC2)CC[C@]315. The van der Waals surface area contributed by atoms with Crippen LogP contribution in [-0.4, -0.2) is 82.0 Å². The first kappa shape index (κ1) is 26.4. The minimum absolute atomic E-state index is 0.00781. The van der Waals surface area contributed by atoms with Crippen LogP contribution >= 0.6 is 0 Å². The molecule has 6 heteroatoms. The van der Waals surface area contributed by atoms with Crippen LogP contribution in [0.2, 0.25) is 0 Å². The molecule has 4 saturated carbocycles. The molecule has 2 aromatic carbocycles. The number of nitrogens with zero attached hydrogens (tertiary/aromatic N) is 2. The molecule has 6 nitrogen and oxygen atoms in total. The van der Waals surface area contributed by atoms with Gasteiger partial charge in [0.25, 0.3) is 0 Å². The van der Waals surface area contributed by atoms with Crippen LogP contribution in [0.1, 0.15) is 67.6 Å². The third-order valence-corrected chi connectivity index (χ3v) is 12.3. The standard InChI is InChI=1S/C35H47N3O3/c1-37(2)18-5-17-36-26-11-8-24(9-12-26)27-21-33-14-15-35(27,40-4)32-34(33)16-19-38(22-23-6-7-23)29(33)20-25-10-13-28(39-3)31(41-32)30(25)34/h8-13,23,27,29,32,36H,5-7,14-22H2,1-4H3/t27-,29-,32-,33-,34+,35-/m1/s1. The van der Waals surface area contributed by atoms with Gasteiger partial charge in [-0.1, -0.05) is 18.2 Å². The number of methoxy groups -OCH3 is 2. The maximum Gasteiger partial charge on any atom is 0.165 e. The molecule has 9 rings (SSSR count). The van der Waals surface area contributed by atoms with Gasteiger partial charge >= 0.3 is 0 Å². The Labute approximate surface area is 245 Å². The van der Waals surface area contributed by atoms with Crippen LogP contribution in [0.3, 0.4) is 0 Å². The highest BCUT2D eigenvalue weighted by Crippen LogP contribution is 2.78. The van der Waals surface area contributed by atoms with Gasteiger partial charge in [0.1, 0.15) is 11.7 Å². The quantitative estimate of drug-likeness (QED) is 0.392. The second-order valence-corrected chi connectivity index (χ2v) is 14.3. The van der Waals surface area contributed by atoms with Crippen molar-refractivity contribution in [2.24, 2.45) is 11.3 Å². The number of hydrogen-bond acceptors (Lipinski definition) is 6. The summed E-state index contributed by atoms with van der Waals surface area (Å²) >= 11 is 0. The zero-order valence-corrected chi connectivity index (χ0v) is 25.4. The summed E-state index contributed by atoms with van der Waals surface area (Å²) in [5.41, 5.74) is 5.46. The monoisotopic (exact) mass is 557 g/mol. The highest BCUT2D eigenvalue weighted by molar-refractivity contribution is 5.64. The van der Waals surface area contributed by atoms with E-state index < -0.39 is 0 Å². The number of benzene rings is 2. The lowest BCUT2D eigenvalue weighted by Gasteiger charge is -2.74. The molecule has 0 unspecified atom stereocenters. The van der Waals surface area contributed by atoms with E-state index in [2.05, 4.69) is 65.6 Å². The summed E-state index contributed by atoms with van der Waals surface area (Å²) < 4.78 is 19.9. The molecule has 2 aliphatic heterocycles. The number of hydrogen-bond donors (Lipinski definition) is 1. The average molecular weight is 558 g/mol. The number of fused-ring (bicyclic) bond motifs is 2. The molecule has 6 atom stereocenters. The van der Waals surface area contributed by atoms with E-state index in [-0.39, 0.29) is 22.5 Å². The predicted octanol–water partition coefficient (Wildman–Crippen LogP) is 5.45. The molecular formula is C35H47N3O3. The third kappa shape index (κ3) is 3.53. The average Bonchev–Trinajstić information content (AvgIpc) is 3.73. The van der Waals surface area contributed by atoms with E-state index in [1.165, 1.54) is 67.6 Å². The van der Waals surface area contributed by atoms with Crippen molar-refractivity contribution in [3.63, 3.8) is 0 Å². The van der Waals surface area contributed by atoms with Gasteiger partial charge in [0, 0.05) is 54.2 Å². The minimum Gasteiger partial charge on any atom is -0.493 e. The van der Waals surface area contributed by atoms with Crippen molar-refractivity contribution in [2.75, 3.05) is 59.8 Å². The van der Waals surface area contributed by atoms with Crippen molar-refractivity contribution in [3.05, 3.63) is 53.1 Å². The molecule has 0 amide bonds. The van der Waals surface area contributed by atoms with E-state index in [9.17, 15) is 0 Å². The maximum atomic E-state index is 7.23. The highest BCUT2D eigenvalue weighted by atomic mass is 16.6. The molecule has 2 spiro atoms. The van der Waals surface area contributed by atoms with Gasteiger partial charge in [-0.2, -0.15) is 0 Å². The molecule has 5 fully saturated rings. The molecule has 1 N–H and O–H groups in total. The summed E-state index contributed by atoms with van der Waals surface area (Å²) in [5.74, 6) is 3.14. The van der Waals surface area contributed by atoms with Crippen molar-refractivity contribution in [1.82, 2.24) is 9.80 Å². The van der Waals surface area contributed by atoms with E-state index in [0.717, 1.165) is 49.8 Å². The lowest BCUT2D eigenvalue weighted by Crippen LogP contribution is -2.80. The molecular weight excluding hydrogens is 510 g/mol. The van der Waals surface area contributed by atoms with Gasteiger partial charge in [-0.05, 0) is 114 Å². The Morgan fingerprint density at radius 3 is 2.61 bits per heavy atom. The molecule has 4 bridgehead atoms. The third-order valence-electron chi connectivity index (χ3n) is 12.3. The van der Waals surface area contributed by atoms with Gasteiger partial charge in [-0.3, -0.25) is 4.90 Å². The van der Waals surface area contributed by atoms with Crippen LogP contribution in [0.15, 0.2) is 36.4 Å². The van der Waals surface area contributed by atoms with E-state index >= 15 is 0 Å². The van der Waals surface area contributed by atoms with Crippen LogP contribution in [0.25, 0.3) is 0 Å². The minimum atomic E-state index is -0.343. The van der Waals surface area contributed by atoms with Gasteiger partial charge in [0.2, 0.25) is 0 Å². The first-order chi connectivity index (χ1) is 20.0. The van der Waals surface area contributed by atoms with E-state index in [4.69, 9.17) is 14.2 Å². The lowest BCUT2D eigenvalue weighted by atomic mass is 9.34. The lowest BCUT2D eigenvalue weighted by molar-refractivity contribution is -0.261. The first-order valence-corrected chi connectivity index (χ1v) is 16.1. The maximum absolute atomic E-state index is 7.23. The van der Waals surface area contributed by atoms with Crippen molar-refractivity contribution in [2.45, 2.75) is 80.4 Å². The zero-order chi connectivity index (χ0) is 28.0. The number of nitrogens with one attached hydrogen (secondary N) is 1. The molecule has 7 aliphatic rings. The molecule has 1 saturated heterocycles. The Morgan fingerprint density at radius 1 is 1.05 bits per heavy atom. The molecule has 2 aromatic rings. The van der Waals surface area contributed by atoms with Crippen LogP contribution < -0.4 is 14.8 Å². The smallest absolute Gasteiger partial charge is 0.165 e. The highest BCUT2D eigenvalue weighted by Gasteiger charge is 2.80. The van der Waals surface area contributed by atoms with Crippen molar-refractivity contribution >= 4 is 5.69 Å². The number of rotatable bonds is 10. The van der Waals surface area contributed by atoms with Crippen LogP contribution in [0.4, 0.5) is 5.69 Å². The fraction of sp³-hybridized carbons (Fsp3) is 0.657. The summed E-state index contributed by atoms with van der Waals surface area (Å²) in [7, 11) is 8.02. The van der Waals surface area contributed by atoms with Crippen LogP contribution in [-0.2, 0) is 16.6 Å². The number of piperidine rings is 1. The Kier molecular flexibility index (Phi) is 6.02. The second-order valence-electron chi connectivity index (χ2n) is 14.3. The summed E-state index contributed by atoms with van der Waals surface area (Å²) in [6.45, 7) is 4.55. The van der Waals surface area contributed by atoms with Gasteiger partial charge in [0.05, 0.1) is 7.11 Å². The summed E-state index contributed by atoms with van der Waals surface area (Å²) in [4.78, 5) is 5.17. The summed E-state index contributed by atoms with van der Waals surface area (Å²) in [6, 6.07) is 14.4. The van der Waals surface area contributed by atoms with Crippen LogP contribution in [0, 0.1) is 11.3 Å². The number of ether oxygens (including phenoxy) is 3. The number of likely N-dealkylation sites (tertiary alicyclic amines) is 1. The molecule has 2 heterocycles. The topological polar surface area (TPSA) is 46.2 Å². The Balaban J connectivity index is 1.20. The van der Waals surface area contributed by atoms with Gasteiger partial charge < -0.3 is 24.4 Å². The van der Waals surface area contributed by atoms with Gasteiger partial charge in [-0.25, -0.2) is 0 Å². The fourth-order valence-corrected chi connectivity index (χ4v) is 10.4. The molecule has 41 heavy (non-hydrogen) atoms. The summed E-state index contributed by atoms with van der Waals surface area (Å²) in [6.07, 6.45) is 9.76. The molecule has 5 aliphatic carbocycles. The van der Waals surface area contributed by atoms with E-state index in [1.54, 1.807) is 7.11 Å². The Morgan fingerprint density at radius 2 is 1.88 bits per heavy atom. The zero-order valence-electron chi connectivity index (χ0n) is 25.4. The van der Waals surface area contributed by atoms with Crippen LogP contribution in [0.5, 0.6) is 11.5 Å². The molecule has 0 aromatic heterocycles. The second kappa shape index (κ2) is 9.36. The molecule has 0 radical (unpaired) electrons. The number of anilines is 1. The van der Waals surface area contributed by atoms with E-state index in [0.29, 0.717) is 12.0 Å². The van der Waals surface area contributed by atoms with Crippen molar-refractivity contribution in [1.29, 1.82) is 0 Å². The summed E-state index contributed by atoms with van der Waals surface area (Å²) in [5, 5.41) is 3.63. The van der Waals surface area contributed by atoms with Crippen molar-refractivity contribution in [3.8, 4) is 11.5 Å².